The van der Waals surface area contributed by atoms with Crippen molar-refractivity contribution < 1.29 is 19.4 Å². The zero-order chi connectivity index (χ0) is 19.8. The minimum atomic E-state index is -1.06. The molecule has 1 unspecified atom stereocenters. The lowest BCUT2D eigenvalue weighted by atomic mass is 9.83. The van der Waals surface area contributed by atoms with E-state index in [1.165, 1.54) is 0 Å². The number of epoxide rings is 1. The van der Waals surface area contributed by atoms with Crippen LogP contribution in [0.5, 0.6) is 5.75 Å². The van der Waals surface area contributed by atoms with Crippen LogP contribution in [0.4, 0.5) is 0 Å². The molecule has 0 bridgehead atoms. The first-order valence-electron chi connectivity index (χ1n) is 9.24. The van der Waals surface area contributed by atoms with E-state index in [9.17, 15) is 4.79 Å². The zero-order valence-corrected chi connectivity index (χ0v) is 15.8. The first-order chi connectivity index (χ1) is 13.6. The van der Waals surface area contributed by atoms with Crippen molar-refractivity contribution in [2.24, 2.45) is 0 Å². The van der Waals surface area contributed by atoms with Crippen molar-refractivity contribution >= 4 is 5.78 Å². The lowest BCUT2D eigenvalue weighted by Crippen LogP contribution is -2.39. The average molecular weight is 376 g/mol. The van der Waals surface area contributed by atoms with Gasteiger partial charge < -0.3 is 14.6 Å². The van der Waals surface area contributed by atoms with Gasteiger partial charge in [0, 0.05) is 0 Å². The number of carbonyl (C=O) groups excluding carboxylic acids is 1. The topological polar surface area (TPSA) is 59.1 Å². The van der Waals surface area contributed by atoms with Crippen LogP contribution in [-0.4, -0.2) is 30.2 Å². The molecule has 1 saturated heterocycles. The van der Waals surface area contributed by atoms with Crippen molar-refractivity contribution in [1.29, 1.82) is 0 Å². The maximum Gasteiger partial charge on any atom is 0.176 e. The summed E-state index contributed by atoms with van der Waals surface area (Å²) in [6.07, 6.45) is 0.108. The van der Waals surface area contributed by atoms with Crippen molar-refractivity contribution in [3.05, 3.63) is 102 Å². The number of rotatable bonds is 6. The molecule has 4 nitrogen and oxygen atoms in total. The van der Waals surface area contributed by atoms with E-state index >= 15 is 0 Å². The number of hydrogen-bond acceptors (Lipinski definition) is 4. The molecule has 0 amide bonds. The van der Waals surface area contributed by atoms with Gasteiger partial charge in [-0.05, 0) is 30.2 Å². The van der Waals surface area contributed by atoms with Gasteiger partial charge in [-0.15, -0.1) is 0 Å². The molecule has 4 heteroatoms. The van der Waals surface area contributed by atoms with Crippen LogP contribution in [0.2, 0.25) is 0 Å². The third kappa shape index (κ3) is 4.85. The lowest BCUT2D eigenvalue weighted by molar-refractivity contribution is -0.139. The van der Waals surface area contributed by atoms with Crippen LogP contribution >= 0.6 is 0 Å². The number of ketones is 1. The number of Topliss-reactive ketones (excluding diaryl/α,β-unsaturated/α-hetero) is 1. The maximum absolute atomic E-state index is 12.5. The Morgan fingerprint density at radius 2 is 1.36 bits per heavy atom. The Hall–Kier alpha value is -2.95. The number of phenols is 1. The Kier molecular flexibility index (Phi) is 6.58. The Bertz CT molecular complexity index is 819. The number of para-hydroxylation sites is 1. The molecule has 28 heavy (non-hydrogen) atoms. The van der Waals surface area contributed by atoms with Crippen LogP contribution in [0.25, 0.3) is 0 Å². The number of benzene rings is 3. The van der Waals surface area contributed by atoms with Gasteiger partial charge in [0.1, 0.15) is 11.9 Å². The van der Waals surface area contributed by atoms with E-state index in [2.05, 4.69) is 0 Å². The molecule has 1 fully saturated rings. The molecule has 0 saturated carbocycles. The summed E-state index contributed by atoms with van der Waals surface area (Å²) in [5.41, 5.74) is 0.641. The SMILES string of the molecule is CC(=O)C(OCC1CO1)(c1ccccc1)c1ccccc1.Oc1ccccc1. The molecular weight excluding hydrogens is 352 g/mol. The molecule has 1 atom stereocenters. The number of carbonyl (C=O) groups is 1. The predicted octanol–water partition coefficient (Wildman–Crippen LogP) is 4.33. The third-order valence-corrected chi connectivity index (χ3v) is 4.50. The largest absolute Gasteiger partial charge is 0.508 e. The fourth-order valence-corrected chi connectivity index (χ4v) is 3.00. The number of phenolic OH excluding ortho intramolecular Hbond substituents is 1. The second-order valence-corrected chi connectivity index (χ2v) is 6.57. The van der Waals surface area contributed by atoms with E-state index in [1.54, 1.807) is 31.2 Å². The Morgan fingerprint density at radius 1 is 0.929 bits per heavy atom. The fourth-order valence-electron chi connectivity index (χ4n) is 3.00. The molecule has 1 N–H and O–H groups in total. The minimum absolute atomic E-state index is 0.0273. The summed E-state index contributed by atoms with van der Waals surface area (Å²) in [5, 5.41) is 8.63. The monoisotopic (exact) mass is 376 g/mol. The first kappa shape index (κ1) is 19.8. The van der Waals surface area contributed by atoms with Gasteiger partial charge in [0.25, 0.3) is 0 Å². The Labute approximate surface area is 165 Å². The van der Waals surface area contributed by atoms with Gasteiger partial charge in [-0.25, -0.2) is 0 Å². The van der Waals surface area contributed by atoms with E-state index in [-0.39, 0.29) is 11.9 Å². The molecule has 0 radical (unpaired) electrons. The molecule has 3 aromatic rings. The minimum Gasteiger partial charge on any atom is -0.508 e. The summed E-state index contributed by atoms with van der Waals surface area (Å²) >= 11 is 0. The molecule has 144 valence electrons. The zero-order valence-electron chi connectivity index (χ0n) is 15.8. The highest BCUT2D eigenvalue weighted by atomic mass is 16.6. The highest BCUT2D eigenvalue weighted by Crippen LogP contribution is 2.35. The second-order valence-electron chi connectivity index (χ2n) is 6.57. The summed E-state index contributed by atoms with van der Waals surface area (Å²) in [7, 11) is 0. The molecule has 1 aliphatic heterocycles. The van der Waals surface area contributed by atoms with Crippen LogP contribution in [0.3, 0.4) is 0 Å². The number of hydrogen-bond donors (Lipinski definition) is 1. The summed E-state index contributed by atoms with van der Waals surface area (Å²) in [6.45, 7) is 2.70. The van der Waals surface area contributed by atoms with Gasteiger partial charge in [0.05, 0.1) is 13.2 Å². The second kappa shape index (κ2) is 9.31. The molecule has 4 rings (SSSR count). The van der Waals surface area contributed by atoms with Crippen molar-refractivity contribution in [2.45, 2.75) is 18.6 Å². The van der Waals surface area contributed by atoms with Crippen molar-refractivity contribution in [3.8, 4) is 5.75 Å². The van der Waals surface area contributed by atoms with E-state index < -0.39 is 5.60 Å². The van der Waals surface area contributed by atoms with Gasteiger partial charge >= 0.3 is 0 Å². The van der Waals surface area contributed by atoms with Gasteiger partial charge in [-0.1, -0.05) is 78.9 Å². The fraction of sp³-hybridized carbons (Fsp3) is 0.208. The molecular formula is C24H24O4. The van der Waals surface area contributed by atoms with Gasteiger partial charge in [-0.3, -0.25) is 4.79 Å². The summed E-state index contributed by atoms with van der Waals surface area (Å²) in [5.74, 6) is 0.294. The van der Waals surface area contributed by atoms with Crippen LogP contribution < -0.4 is 0 Å². The van der Waals surface area contributed by atoms with Gasteiger partial charge in [-0.2, -0.15) is 0 Å². The molecule has 0 aromatic heterocycles. The van der Waals surface area contributed by atoms with Crippen LogP contribution in [0, 0.1) is 0 Å². The van der Waals surface area contributed by atoms with Gasteiger partial charge in [0.2, 0.25) is 0 Å². The molecule has 0 aliphatic carbocycles. The van der Waals surface area contributed by atoms with E-state index in [0.717, 1.165) is 11.1 Å². The van der Waals surface area contributed by atoms with E-state index in [4.69, 9.17) is 14.6 Å². The van der Waals surface area contributed by atoms with Crippen LogP contribution in [0.15, 0.2) is 91.0 Å². The normalized spacial score (nSPS) is 15.2. The lowest BCUT2D eigenvalue weighted by Gasteiger charge is -2.32. The summed E-state index contributed by atoms with van der Waals surface area (Å²) in [6, 6.07) is 28.0. The molecule has 1 aliphatic rings. The van der Waals surface area contributed by atoms with Crippen molar-refractivity contribution in [3.63, 3.8) is 0 Å². The maximum atomic E-state index is 12.5. The number of aromatic hydroxyl groups is 1. The van der Waals surface area contributed by atoms with Crippen LogP contribution in [0.1, 0.15) is 18.1 Å². The van der Waals surface area contributed by atoms with Crippen molar-refractivity contribution in [1.82, 2.24) is 0 Å². The first-order valence-corrected chi connectivity index (χ1v) is 9.24. The molecule has 3 aromatic carbocycles. The summed E-state index contributed by atoms with van der Waals surface area (Å²) < 4.78 is 11.3. The summed E-state index contributed by atoms with van der Waals surface area (Å²) in [4.78, 5) is 12.5. The van der Waals surface area contributed by atoms with Crippen LogP contribution in [-0.2, 0) is 19.9 Å². The Morgan fingerprint density at radius 3 is 1.68 bits per heavy atom. The Balaban J connectivity index is 0.000000271. The van der Waals surface area contributed by atoms with E-state index in [0.29, 0.717) is 19.0 Å². The molecule has 1 heterocycles. The highest BCUT2D eigenvalue weighted by Gasteiger charge is 2.42. The third-order valence-electron chi connectivity index (χ3n) is 4.50. The quantitative estimate of drug-likeness (QED) is 0.651. The smallest absolute Gasteiger partial charge is 0.176 e. The number of ether oxygens (including phenoxy) is 2. The highest BCUT2D eigenvalue weighted by molar-refractivity contribution is 5.90. The van der Waals surface area contributed by atoms with Gasteiger partial charge in [0.15, 0.2) is 11.4 Å². The average Bonchev–Trinajstić information content (AvgIpc) is 3.56. The van der Waals surface area contributed by atoms with E-state index in [1.807, 2.05) is 66.7 Å². The predicted molar refractivity (Wildman–Crippen MR) is 108 cm³/mol. The van der Waals surface area contributed by atoms with Crippen molar-refractivity contribution in [2.75, 3.05) is 13.2 Å². The molecule has 0 spiro atoms. The standard InChI is InChI=1S/C18H18O3.C6H6O/c1-14(19)18(21-13-17-12-20-17,15-8-4-2-5-9-15)16-10-6-3-7-11-16;7-6-4-2-1-3-5-6/h2-11,17H,12-13H2,1H3;1-5,7H.